The number of morpholine rings is 1. The van der Waals surface area contributed by atoms with Gasteiger partial charge in [0, 0.05) is 32.3 Å². The minimum absolute atomic E-state index is 0.0368. The van der Waals surface area contributed by atoms with Crippen LogP contribution in [0.3, 0.4) is 0 Å². The zero-order valence-corrected chi connectivity index (χ0v) is 15.2. The number of nitrogens with zero attached hydrogens (tertiary/aromatic N) is 2. The van der Waals surface area contributed by atoms with Gasteiger partial charge in [0.15, 0.2) is 0 Å². The summed E-state index contributed by atoms with van der Waals surface area (Å²) in [5.41, 5.74) is 1.35. The van der Waals surface area contributed by atoms with Gasteiger partial charge in [-0.15, -0.1) is 0 Å². The third kappa shape index (κ3) is 4.02. The third-order valence-electron chi connectivity index (χ3n) is 4.70. The molecule has 0 unspecified atom stereocenters. The highest BCUT2D eigenvalue weighted by Crippen LogP contribution is 2.23. The Morgan fingerprint density at radius 1 is 1.36 bits per heavy atom. The molecule has 136 valence electrons. The number of hydrogen-bond acceptors (Lipinski definition) is 4. The Morgan fingerprint density at radius 3 is 2.88 bits per heavy atom. The Morgan fingerprint density at radius 2 is 2.12 bits per heavy atom. The highest BCUT2D eigenvalue weighted by atomic mass is 16.5. The number of fused-ring (bicyclic) bond motifs is 1. The van der Waals surface area contributed by atoms with Crippen LogP contribution < -0.4 is 0 Å². The summed E-state index contributed by atoms with van der Waals surface area (Å²) in [6.07, 6.45) is 0.645. The van der Waals surface area contributed by atoms with Crippen molar-refractivity contribution in [3.05, 3.63) is 35.4 Å². The molecule has 1 aromatic carbocycles. The maximum absolute atomic E-state index is 12.8. The molecule has 1 atom stereocenters. The minimum Gasteiger partial charge on any atom is -0.382 e. The van der Waals surface area contributed by atoms with E-state index in [1.54, 1.807) is 16.9 Å². The van der Waals surface area contributed by atoms with E-state index in [0.717, 1.165) is 12.0 Å². The van der Waals surface area contributed by atoms with Crippen molar-refractivity contribution in [2.24, 2.45) is 0 Å². The maximum Gasteiger partial charge on any atom is 0.254 e. The molecule has 3 rings (SSSR count). The fourth-order valence-corrected chi connectivity index (χ4v) is 3.65. The number of amides is 2. The molecule has 6 nitrogen and oxygen atoms in total. The van der Waals surface area contributed by atoms with Gasteiger partial charge in [-0.05, 0) is 31.9 Å². The van der Waals surface area contributed by atoms with Crippen LogP contribution in [0.1, 0.15) is 29.8 Å². The molecule has 0 N–H and O–H groups in total. The van der Waals surface area contributed by atoms with Crippen LogP contribution in [0, 0.1) is 0 Å². The van der Waals surface area contributed by atoms with Gasteiger partial charge in [-0.2, -0.15) is 0 Å². The molecule has 0 spiro atoms. The zero-order chi connectivity index (χ0) is 18.0. The number of methoxy groups -OCH3 is 1. The standard InChI is InChI=1S/C19H26N2O4/c1-19(2)13-21(10-15(25-19)12-24-3)17(22)11-20-9-8-14-6-4-5-7-16(14)18(20)23/h4-7,15H,8-13H2,1-3H3/t15-/m1/s1. The third-order valence-corrected chi connectivity index (χ3v) is 4.70. The second-order valence-corrected chi connectivity index (χ2v) is 7.36. The lowest BCUT2D eigenvalue weighted by Gasteiger charge is -2.43. The minimum atomic E-state index is -0.421. The van der Waals surface area contributed by atoms with E-state index in [-0.39, 0.29) is 24.5 Å². The van der Waals surface area contributed by atoms with E-state index < -0.39 is 5.60 Å². The molecule has 0 aliphatic carbocycles. The SMILES string of the molecule is COC[C@H]1CN(C(=O)CN2CCc3ccccc3C2=O)CC(C)(C)O1. The lowest BCUT2D eigenvalue weighted by atomic mass is 9.99. The first-order valence-corrected chi connectivity index (χ1v) is 8.71. The summed E-state index contributed by atoms with van der Waals surface area (Å²) in [4.78, 5) is 28.9. The number of carbonyl (C=O) groups excluding carboxylic acids is 2. The molecule has 2 aliphatic heterocycles. The van der Waals surface area contributed by atoms with Crippen molar-refractivity contribution in [2.45, 2.75) is 32.0 Å². The number of rotatable bonds is 4. The smallest absolute Gasteiger partial charge is 0.254 e. The van der Waals surface area contributed by atoms with Crippen molar-refractivity contribution in [3.63, 3.8) is 0 Å². The fourth-order valence-electron chi connectivity index (χ4n) is 3.65. The van der Waals surface area contributed by atoms with Gasteiger partial charge in [-0.1, -0.05) is 18.2 Å². The van der Waals surface area contributed by atoms with Gasteiger partial charge in [0.25, 0.3) is 5.91 Å². The molecular weight excluding hydrogens is 320 g/mol. The number of hydrogen-bond donors (Lipinski definition) is 0. The van der Waals surface area contributed by atoms with Crippen LogP contribution in [0.15, 0.2) is 24.3 Å². The van der Waals surface area contributed by atoms with Crippen molar-refractivity contribution in [1.82, 2.24) is 9.80 Å². The molecule has 0 radical (unpaired) electrons. The summed E-state index contributed by atoms with van der Waals surface area (Å²) in [5.74, 6) is -0.0960. The number of ether oxygens (including phenoxy) is 2. The predicted octanol–water partition coefficient (Wildman–Crippen LogP) is 1.34. The summed E-state index contributed by atoms with van der Waals surface area (Å²) in [6.45, 7) is 6.09. The van der Waals surface area contributed by atoms with Gasteiger partial charge < -0.3 is 19.3 Å². The van der Waals surface area contributed by atoms with E-state index in [2.05, 4.69) is 0 Å². The Labute approximate surface area is 148 Å². The quantitative estimate of drug-likeness (QED) is 0.825. The average molecular weight is 346 g/mol. The van der Waals surface area contributed by atoms with Crippen LogP contribution in [0.2, 0.25) is 0 Å². The molecule has 0 bridgehead atoms. The van der Waals surface area contributed by atoms with Crippen LogP contribution in [-0.2, 0) is 20.7 Å². The molecule has 2 heterocycles. The Balaban J connectivity index is 1.67. The molecule has 0 aromatic heterocycles. The van der Waals surface area contributed by atoms with Gasteiger partial charge in [-0.3, -0.25) is 9.59 Å². The highest BCUT2D eigenvalue weighted by molar-refractivity contribution is 5.98. The van der Waals surface area contributed by atoms with Crippen molar-refractivity contribution >= 4 is 11.8 Å². The Bertz CT molecular complexity index is 659. The van der Waals surface area contributed by atoms with Crippen LogP contribution in [0.4, 0.5) is 0 Å². The van der Waals surface area contributed by atoms with Gasteiger partial charge in [0.05, 0.1) is 18.3 Å². The molecule has 25 heavy (non-hydrogen) atoms. The van der Waals surface area contributed by atoms with Gasteiger partial charge >= 0.3 is 0 Å². The maximum atomic E-state index is 12.8. The summed E-state index contributed by atoms with van der Waals surface area (Å²) < 4.78 is 11.1. The topological polar surface area (TPSA) is 59.1 Å². The van der Waals surface area contributed by atoms with Crippen molar-refractivity contribution < 1.29 is 19.1 Å². The average Bonchev–Trinajstić information content (AvgIpc) is 2.56. The highest BCUT2D eigenvalue weighted by Gasteiger charge is 2.36. The van der Waals surface area contributed by atoms with E-state index in [1.165, 1.54) is 0 Å². The van der Waals surface area contributed by atoms with Crippen molar-refractivity contribution in [1.29, 1.82) is 0 Å². The summed E-state index contributed by atoms with van der Waals surface area (Å²) >= 11 is 0. The van der Waals surface area contributed by atoms with Gasteiger partial charge in [0.2, 0.25) is 5.91 Å². The molecule has 2 aliphatic rings. The first kappa shape index (κ1) is 17.9. The van der Waals surface area contributed by atoms with Crippen LogP contribution >= 0.6 is 0 Å². The molecule has 2 amide bonds. The lowest BCUT2D eigenvalue weighted by molar-refractivity contribution is -0.169. The molecule has 1 aromatic rings. The van der Waals surface area contributed by atoms with E-state index in [0.29, 0.717) is 31.8 Å². The number of carbonyl (C=O) groups is 2. The van der Waals surface area contributed by atoms with Gasteiger partial charge in [-0.25, -0.2) is 0 Å². The first-order valence-electron chi connectivity index (χ1n) is 8.71. The summed E-state index contributed by atoms with van der Waals surface area (Å²) in [7, 11) is 1.63. The van der Waals surface area contributed by atoms with E-state index >= 15 is 0 Å². The first-order chi connectivity index (χ1) is 11.9. The fraction of sp³-hybridized carbons (Fsp3) is 0.579. The Hall–Kier alpha value is -1.92. The van der Waals surface area contributed by atoms with Crippen molar-refractivity contribution in [3.8, 4) is 0 Å². The lowest BCUT2D eigenvalue weighted by Crippen LogP contribution is -2.57. The second kappa shape index (κ2) is 7.14. The van der Waals surface area contributed by atoms with Crippen LogP contribution in [0.25, 0.3) is 0 Å². The summed E-state index contributed by atoms with van der Waals surface area (Å²) in [6, 6.07) is 7.62. The number of benzene rings is 1. The van der Waals surface area contributed by atoms with Crippen LogP contribution in [0.5, 0.6) is 0 Å². The molecule has 1 saturated heterocycles. The molecular formula is C19H26N2O4. The van der Waals surface area contributed by atoms with Crippen molar-refractivity contribution in [2.75, 3.05) is 39.9 Å². The van der Waals surface area contributed by atoms with E-state index in [1.807, 2.05) is 38.1 Å². The zero-order valence-electron chi connectivity index (χ0n) is 15.2. The normalized spacial score (nSPS) is 22.7. The van der Waals surface area contributed by atoms with E-state index in [9.17, 15) is 9.59 Å². The second-order valence-electron chi connectivity index (χ2n) is 7.36. The largest absolute Gasteiger partial charge is 0.382 e. The summed E-state index contributed by atoms with van der Waals surface area (Å²) in [5, 5.41) is 0. The molecule has 6 heteroatoms. The van der Waals surface area contributed by atoms with Crippen LogP contribution in [-0.4, -0.2) is 73.2 Å². The monoisotopic (exact) mass is 346 g/mol. The van der Waals surface area contributed by atoms with Gasteiger partial charge in [0.1, 0.15) is 6.54 Å². The Kier molecular flexibility index (Phi) is 5.11. The molecule has 0 saturated carbocycles. The predicted molar refractivity (Wildman–Crippen MR) is 93.5 cm³/mol. The molecule has 1 fully saturated rings. The van der Waals surface area contributed by atoms with E-state index in [4.69, 9.17) is 9.47 Å².